The standard InChI is InChI=1S/C17H23N3O3/c1-17(2)16(22)18-13-6-4-5-7-14(13)20(17)15(21)10-19(3)12-8-9-23-11-12/h4-7,12H,8-11H2,1-3H3,(H,18,22). The number of benzene rings is 1. The number of hydrogen-bond acceptors (Lipinski definition) is 4. The van der Waals surface area contributed by atoms with Gasteiger partial charge in [0.05, 0.1) is 24.5 Å². The molecule has 2 amide bonds. The van der Waals surface area contributed by atoms with Gasteiger partial charge in [-0.3, -0.25) is 19.4 Å². The number of fused-ring (bicyclic) bond motifs is 1. The highest BCUT2D eigenvalue weighted by molar-refractivity contribution is 6.14. The van der Waals surface area contributed by atoms with Gasteiger partial charge in [-0.2, -0.15) is 0 Å². The summed E-state index contributed by atoms with van der Waals surface area (Å²) in [6, 6.07) is 7.67. The summed E-state index contributed by atoms with van der Waals surface area (Å²) in [4.78, 5) is 29.0. The van der Waals surface area contributed by atoms with Crippen LogP contribution in [0.15, 0.2) is 24.3 Å². The van der Waals surface area contributed by atoms with E-state index in [9.17, 15) is 9.59 Å². The maximum atomic E-state index is 13.0. The predicted molar refractivity (Wildman–Crippen MR) is 88.5 cm³/mol. The van der Waals surface area contributed by atoms with Gasteiger partial charge in [0.1, 0.15) is 5.54 Å². The van der Waals surface area contributed by atoms with Crippen molar-refractivity contribution < 1.29 is 14.3 Å². The van der Waals surface area contributed by atoms with E-state index >= 15 is 0 Å². The fourth-order valence-corrected chi connectivity index (χ4v) is 3.18. The van der Waals surface area contributed by atoms with Crippen LogP contribution in [-0.4, -0.2) is 55.1 Å². The van der Waals surface area contributed by atoms with Crippen LogP contribution in [0.1, 0.15) is 20.3 Å². The molecule has 1 N–H and O–H groups in total. The summed E-state index contributed by atoms with van der Waals surface area (Å²) in [5, 5.41) is 2.88. The lowest BCUT2D eigenvalue weighted by Crippen LogP contribution is -2.60. The van der Waals surface area contributed by atoms with Gasteiger partial charge in [0.15, 0.2) is 0 Å². The zero-order valence-electron chi connectivity index (χ0n) is 13.8. The van der Waals surface area contributed by atoms with Crippen LogP contribution in [0.5, 0.6) is 0 Å². The van der Waals surface area contributed by atoms with E-state index in [2.05, 4.69) is 5.32 Å². The third-order valence-corrected chi connectivity index (χ3v) is 4.67. The van der Waals surface area contributed by atoms with Gasteiger partial charge < -0.3 is 10.1 Å². The van der Waals surface area contributed by atoms with Crippen LogP contribution in [0.3, 0.4) is 0 Å². The maximum absolute atomic E-state index is 13.0. The van der Waals surface area contributed by atoms with E-state index in [-0.39, 0.29) is 24.4 Å². The molecule has 1 unspecified atom stereocenters. The van der Waals surface area contributed by atoms with Gasteiger partial charge in [0, 0.05) is 12.6 Å². The first kappa shape index (κ1) is 16.0. The van der Waals surface area contributed by atoms with E-state index in [1.807, 2.05) is 36.2 Å². The molecule has 2 aliphatic rings. The molecule has 0 radical (unpaired) electrons. The van der Waals surface area contributed by atoms with Crippen molar-refractivity contribution in [3.05, 3.63) is 24.3 Å². The van der Waals surface area contributed by atoms with Crippen LogP contribution >= 0.6 is 0 Å². The molecular formula is C17H23N3O3. The highest BCUT2D eigenvalue weighted by atomic mass is 16.5. The van der Waals surface area contributed by atoms with Gasteiger partial charge in [-0.25, -0.2) is 0 Å². The Labute approximate surface area is 136 Å². The minimum Gasteiger partial charge on any atom is -0.380 e. The Hall–Kier alpha value is -1.92. The van der Waals surface area contributed by atoms with Crippen LogP contribution in [0.4, 0.5) is 11.4 Å². The summed E-state index contributed by atoms with van der Waals surface area (Å²) in [5.74, 6) is -0.247. The first-order chi connectivity index (χ1) is 10.9. The van der Waals surface area contributed by atoms with Crippen molar-refractivity contribution in [3.8, 4) is 0 Å². The largest absolute Gasteiger partial charge is 0.380 e. The molecule has 1 aromatic rings. The van der Waals surface area contributed by atoms with E-state index in [0.29, 0.717) is 12.3 Å². The summed E-state index contributed by atoms with van der Waals surface area (Å²) in [5.41, 5.74) is 0.508. The van der Waals surface area contributed by atoms with Gasteiger partial charge in [0.25, 0.3) is 0 Å². The highest BCUT2D eigenvalue weighted by Crippen LogP contribution is 2.36. The minimum absolute atomic E-state index is 0.0771. The molecule has 0 saturated carbocycles. The third kappa shape index (κ3) is 2.84. The number of carbonyl (C=O) groups is 2. The van der Waals surface area contributed by atoms with Gasteiger partial charge >= 0.3 is 0 Å². The second-order valence-electron chi connectivity index (χ2n) is 6.69. The number of likely N-dealkylation sites (N-methyl/N-ethyl adjacent to an activating group) is 1. The van der Waals surface area contributed by atoms with E-state index in [0.717, 1.165) is 18.7 Å². The molecule has 0 spiro atoms. The Bertz CT molecular complexity index is 623. The van der Waals surface area contributed by atoms with E-state index in [1.54, 1.807) is 18.7 Å². The van der Waals surface area contributed by atoms with Crippen molar-refractivity contribution in [3.63, 3.8) is 0 Å². The Morgan fingerprint density at radius 1 is 1.43 bits per heavy atom. The van der Waals surface area contributed by atoms with E-state index < -0.39 is 5.54 Å². The van der Waals surface area contributed by atoms with Crippen molar-refractivity contribution in [1.29, 1.82) is 0 Å². The molecule has 6 nitrogen and oxygen atoms in total. The second kappa shape index (κ2) is 5.94. The number of nitrogens with zero attached hydrogens (tertiary/aromatic N) is 2. The Kier molecular flexibility index (Phi) is 4.12. The lowest BCUT2D eigenvalue weighted by atomic mass is 9.96. The Balaban J connectivity index is 1.86. The smallest absolute Gasteiger partial charge is 0.250 e. The van der Waals surface area contributed by atoms with Gasteiger partial charge in [0.2, 0.25) is 11.8 Å². The summed E-state index contributed by atoms with van der Waals surface area (Å²) in [7, 11) is 1.93. The first-order valence-corrected chi connectivity index (χ1v) is 7.93. The molecule has 2 aliphatic heterocycles. The van der Waals surface area contributed by atoms with Crippen molar-refractivity contribution in [2.75, 3.05) is 37.0 Å². The van der Waals surface area contributed by atoms with Crippen molar-refractivity contribution in [2.45, 2.75) is 31.8 Å². The fraction of sp³-hybridized carbons (Fsp3) is 0.529. The number of ether oxygens (including phenoxy) is 1. The zero-order valence-corrected chi connectivity index (χ0v) is 13.8. The molecule has 124 valence electrons. The normalized spacial score (nSPS) is 22.9. The summed E-state index contributed by atoms with van der Waals surface area (Å²) in [6.45, 7) is 5.21. The average Bonchev–Trinajstić information content (AvgIpc) is 3.02. The van der Waals surface area contributed by atoms with Crippen LogP contribution in [0.2, 0.25) is 0 Å². The molecular weight excluding hydrogens is 294 g/mol. The van der Waals surface area contributed by atoms with E-state index in [4.69, 9.17) is 4.74 Å². The molecule has 3 rings (SSSR count). The number of amides is 2. The third-order valence-electron chi connectivity index (χ3n) is 4.67. The topological polar surface area (TPSA) is 61.9 Å². The quantitative estimate of drug-likeness (QED) is 0.917. The molecule has 0 aromatic heterocycles. The minimum atomic E-state index is -0.918. The van der Waals surface area contributed by atoms with Crippen molar-refractivity contribution in [1.82, 2.24) is 4.90 Å². The monoisotopic (exact) mass is 317 g/mol. The number of anilines is 2. The fourth-order valence-electron chi connectivity index (χ4n) is 3.18. The molecule has 0 bridgehead atoms. The summed E-state index contributed by atoms with van der Waals surface area (Å²) in [6.07, 6.45) is 0.935. The number of para-hydroxylation sites is 2. The summed E-state index contributed by atoms with van der Waals surface area (Å²) < 4.78 is 5.39. The summed E-state index contributed by atoms with van der Waals surface area (Å²) >= 11 is 0. The van der Waals surface area contributed by atoms with Crippen molar-refractivity contribution >= 4 is 23.2 Å². The molecule has 1 fully saturated rings. The molecule has 1 saturated heterocycles. The lowest BCUT2D eigenvalue weighted by Gasteiger charge is -2.42. The lowest BCUT2D eigenvalue weighted by molar-refractivity contribution is -0.127. The number of rotatable bonds is 3. The van der Waals surface area contributed by atoms with Crippen LogP contribution in [-0.2, 0) is 14.3 Å². The average molecular weight is 317 g/mol. The number of nitrogens with one attached hydrogen (secondary N) is 1. The highest BCUT2D eigenvalue weighted by Gasteiger charge is 2.43. The van der Waals surface area contributed by atoms with Gasteiger partial charge in [-0.15, -0.1) is 0 Å². The first-order valence-electron chi connectivity index (χ1n) is 7.93. The van der Waals surface area contributed by atoms with Gasteiger partial charge in [-0.1, -0.05) is 12.1 Å². The van der Waals surface area contributed by atoms with E-state index in [1.165, 1.54) is 0 Å². The van der Waals surface area contributed by atoms with Crippen molar-refractivity contribution in [2.24, 2.45) is 0 Å². The second-order valence-corrected chi connectivity index (χ2v) is 6.69. The number of carbonyl (C=O) groups excluding carboxylic acids is 2. The molecule has 1 aromatic carbocycles. The molecule has 6 heteroatoms. The van der Waals surface area contributed by atoms with Gasteiger partial charge in [-0.05, 0) is 39.4 Å². The predicted octanol–water partition coefficient (Wildman–Crippen LogP) is 1.47. The maximum Gasteiger partial charge on any atom is 0.250 e. The molecule has 0 aliphatic carbocycles. The van der Waals surface area contributed by atoms with Crippen LogP contribution in [0.25, 0.3) is 0 Å². The number of hydrogen-bond donors (Lipinski definition) is 1. The molecule has 1 atom stereocenters. The zero-order chi connectivity index (χ0) is 16.6. The molecule has 2 heterocycles. The van der Waals surface area contributed by atoms with Crippen LogP contribution < -0.4 is 10.2 Å². The van der Waals surface area contributed by atoms with Crippen LogP contribution in [0, 0.1) is 0 Å². The molecule has 23 heavy (non-hydrogen) atoms. The Morgan fingerprint density at radius 2 is 2.17 bits per heavy atom. The Morgan fingerprint density at radius 3 is 2.87 bits per heavy atom. The SMILES string of the molecule is CN(CC(=O)N1c2ccccc2NC(=O)C1(C)C)C1CCOC1.